The van der Waals surface area contributed by atoms with E-state index < -0.39 is 0 Å². The fourth-order valence-electron chi connectivity index (χ4n) is 1.36. The Bertz CT molecular complexity index is 158. The number of amides is 1. The summed E-state index contributed by atoms with van der Waals surface area (Å²) in [7, 11) is 1.41. The van der Waals surface area contributed by atoms with Crippen molar-refractivity contribution in [3.63, 3.8) is 0 Å². The number of methoxy groups -OCH3 is 1. The minimum absolute atomic E-state index is 0.164. The molecule has 0 saturated carbocycles. The molecule has 1 amide bonds. The highest BCUT2D eigenvalue weighted by Gasteiger charge is 2.29. The normalized spacial score (nSPS) is 11.6. The Morgan fingerprint density at radius 3 is 1.83 bits per heavy atom. The van der Waals surface area contributed by atoms with Gasteiger partial charge in [-0.1, -0.05) is 0 Å². The molecule has 0 atom stereocenters. The lowest BCUT2D eigenvalue weighted by atomic mass is 10.1. The van der Waals surface area contributed by atoms with E-state index in [2.05, 4.69) is 4.74 Å². The van der Waals surface area contributed by atoms with Crippen molar-refractivity contribution in [2.75, 3.05) is 7.11 Å². The van der Waals surface area contributed by atoms with Crippen LogP contribution in [0, 0.1) is 0 Å². The first kappa shape index (κ1) is 11.3. The lowest BCUT2D eigenvalue weighted by molar-refractivity contribution is 0.0661. The first-order valence-electron chi connectivity index (χ1n) is 4.18. The zero-order valence-corrected chi connectivity index (χ0v) is 8.84. The van der Waals surface area contributed by atoms with E-state index in [4.69, 9.17) is 0 Å². The second kappa shape index (κ2) is 3.78. The highest BCUT2D eigenvalue weighted by molar-refractivity contribution is 5.68. The first-order chi connectivity index (χ1) is 5.30. The van der Waals surface area contributed by atoms with Crippen LogP contribution in [0.2, 0.25) is 0 Å². The van der Waals surface area contributed by atoms with Crippen molar-refractivity contribution in [2.45, 2.75) is 46.2 Å². The van der Waals surface area contributed by atoms with Gasteiger partial charge in [-0.05, 0) is 34.6 Å². The Labute approximate surface area is 74.7 Å². The minimum Gasteiger partial charge on any atom is -0.453 e. The highest BCUT2D eigenvalue weighted by Crippen LogP contribution is 2.17. The van der Waals surface area contributed by atoms with Crippen LogP contribution in [0.25, 0.3) is 0 Å². The maximum Gasteiger partial charge on any atom is 0.410 e. The fraction of sp³-hybridized carbons (Fsp3) is 0.889. The molecule has 0 aromatic heterocycles. The van der Waals surface area contributed by atoms with Gasteiger partial charge in [-0.25, -0.2) is 4.79 Å². The molecule has 3 heteroatoms. The zero-order chi connectivity index (χ0) is 9.94. The molecule has 0 bridgehead atoms. The quantitative estimate of drug-likeness (QED) is 0.608. The topological polar surface area (TPSA) is 29.5 Å². The summed E-state index contributed by atoms with van der Waals surface area (Å²) in [6, 6.07) is 0.164. The van der Waals surface area contributed by atoms with Crippen LogP contribution in [0.3, 0.4) is 0 Å². The van der Waals surface area contributed by atoms with Gasteiger partial charge in [-0.15, -0.1) is 0 Å². The molecule has 72 valence electrons. The molecule has 12 heavy (non-hydrogen) atoms. The first-order valence-corrected chi connectivity index (χ1v) is 4.18. The van der Waals surface area contributed by atoms with E-state index in [-0.39, 0.29) is 17.7 Å². The monoisotopic (exact) mass is 173 g/mol. The van der Waals surface area contributed by atoms with Crippen LogP contribution < -0.4 is 0 Å². The molecule has 0 unspecified atom stereocenters. The van der Waals surface area contributed by atoms with Gasteiger partial charge < -0.3 is 9.64 Å². The van der Waals surface area contributed by atoms with Crippen LogP contribution in [-0.4, -0.2) is 29.7 Å². The molecule has 3 nitrogen and oxygen atoms in total. The van der Waals surface area contributed by atoms with E-state index in [1.54, 1.807) is 4.90 Å². The lowest BCUT2D eigenvalue weighted by Gasteiger charge is -2.37. The van der Waals surface area contributed by atoms with E-state index in [1.165, 1.54) is 7.11 Å². The van der Waals surface area contributed by atoms with Gasteiger partial charge in [0, 0.05) is 11.6 Å². The molecular weight excluding hydrogens is 154 g/mol. The maximum atomic E-state index is 11.3. The molecule has 0 spiro atoms. The Kier molecular flexibility index (Phi) is 3.55. The molecular formula is C9H19NO2. The minimum atomic E-state index is -0.266. The number of carbonyl (C=O) groups excluding carboxylic acids is 1. The number of rotatable bonds is 1. The molecule has 0 fully saturated rings. The van der Waals surface area contributed by atoms with Gasteiger partial charge in [0.2, 0.25) is 0 Å². The van der Waals surface area contributed by atoms with Crippen LogP contribution >= 0.6 is 0 Å². The van der Waals surface area contributed by atoms with Crippen molar-refractivity contribution in [1.29, 1.82) is 0 Å². The Balaban J connectivity index is 4.56. The molecule has 0 rings (SSSR count). The maximum absolute atomic E-state index is 11.3. The molecule has 0 aliphatic heterocycles. The van der Waals surface area contributed by atoms with Crippen LogP contribution in [0.1, 0.15) is 34.6 Å². The third-order valence-electron chi connectivity index (χ3n) is 1.61. The molecule has 0 N–H and O–H groups in total. The van der Waals surface area contributed by atoms with Crippen molar-refractivity contribution < 1.29 is 9.53 Å². The zero-order valence-electron chi connectivity index (χ0n) is 8.84. The smallest absolute Gasteiger partial charge is 0.410 e. The Morgan fingerprint density at radius 1 is 1.33 bits per heavy atom. The van der Waals surface area contributed by atoms with Crippen LogP contribution in [0.5, 0.6) is 0 Å². The van der Waals surface area contributed by atoms with Crippen molar-refractivity contribution in [1.82, 2.24) is 4.90 Å². The van der Waals surface area contributed by atoms with Crippen LogP contribution in [0.15, 0.2) is 0 Å². The second-order valence-corrected chi connectivity index (χ2v) is 4.10. The van der Waals surface area contributed by atoms with Gasteiger partial charge in [-0.3, -0.25) is 0 Å². The molecule has 0 aliphatic carbocycles. The summed E-state index contributed by atoms with van der Waals surface area (Å²) < 4.78 is 4.69. The van der Waals surface area contributed by atoms with Gasteiger partial charge >= 0.3 is 6.09 Å². The molecule has 0 aromatic carbocycles. The van der Waals surface area contributed by atoms with Crippen molar-refractivity contribution in [3.05, 3.63) is 0 Å². The summed E-state index contributed by atoms with van der Waals surface area (Å²) in [5.74, 6) is 0. The summed E-state index contributed by atoms with van der Waals surface area (Å²) in [5.41, 5.74) is -0.179. The average molecular weight is 173 g/mol. The van der Waals surface area contributed by atoms with E-state index in [9.17, 15) is 4.79 Å². The van der Waals surface area contributed by atoms with Crippen molar-refractivity contribution >= 4 is 6.09 Å². The number of nitrogens with zero attached hydrogens (tertiary/aromatic N) is 1. The van der Waals surface area contributed by atoms with Gasteiger partial charge in [0.25, 0.3) is 0 Å². The molecule has 0 saturated heterocycles. The van der Waals surface area contributed by atoms with E-state index in [0.29, 0.717) is 0 Å². The molecule has 0 heterocycles. The summed E-state index contributed by atoms with van der Waals surface area (Å²) in [6.07, 6.45) is -0.266. The Morgan fingerprint density at radius 2 is 1.75 bits per heavy atom. The number of ether oxygens (including phenoxy) is 1. The average Bonchev–Trinajstić information content (AvgIpc) is 1.83. The Hall–Kier alpha value is -0.730. The SMILES string of the molecule is COC(=O)N(C(C)C)C(C)(C)C. The standard InChI is InChI=1S/C9H19NO2/c1-7(2)10(8(11)12-6)9(3,4)5/h7H,1-6H3. The van der Waals surface area contributed by atoms with E-state index in [0.717, 1.165) is 0 Å². The third kappa shape index (κ3) is 2.72. The number of carbonyl (C=O) groups is 1. The number of hydrogen-bond donors (Lipinski definition) is 0. The van der Waals surface area contributed by atoms with E-state index >= 15 is 0 Å². The predicted octanol–water partition coefficient (Wildman–Crippen LogP) is 2.26. The van der Waals surface area contributed by atoms with Crippen LogP contribution in [-0.2, 0) is 4.74 Å². The lowest BCUT2D eigenvalue weighted by Crippen LogP contribution is -2.49. The largest absolute Gasteiger partial charge is 0.453 e. The van der Waals surface area contributed by atoms with Crippen molar-refractivity contribution in [3.8, 4) is 0 Å². The van der Waals surface area contributed by atoms with Crippen molar-refractivity contribution in [2.24, 2.45) is 0 Å². The van der Waals surface area contributed by atoms with Gasteiger partial charge in [0.05, 0.1) is 7.11 Å². The molecule has 0 aromatic rings. The number of hydrogen-bond acceptors (Lipinski definition) is 2. The predicted molar refractivity (Wildman–Crippen MR) is 49.1 cm³/mol. The fourth-order valence-corrected chi connectivity index (χ4v) is 1.36. The van der Waals surface area contributed by atoms with Gasteiger partial charge in [0.1, 0.15) is 0 Å². The van der Waals surface area contributed by atoms with Gasteiger partial charge in [0.15, 0.2) is 0 Å². The van der Waals surface area contributed by atoms with E-state index in [1.807, 2.05) is 34.6 Å². The molecule has 0 aliphatic rings. The summed E-state index contributed by atoms with van der Waals surface area (Å²) in [5, 5.41) is 0. The van der Waals surface area contributed by atoms with Gasteiger partial charge in [-0.2, -0.15) is 0 Å². The molecule has 0 radical (unpaired) electrons. The summed E-state index contributed by atoms with van der Waals surface area (Å²) >= 11 is 0. The highest BCUT2D eigenvalue weighted by atomic mass is 16.5. The van der Waals surface area contributed by atoms with Crippen LogP contribution in [0.4, 0.5) is 4.79 Å². The third-order valence-corrected chi connectivity index (χ3v) is 1.61. The summed E-state index contributed by atoms with van der Waals surface area (Å²) in [4.78, 5) is 13.0. The second-order valence-electron chi connectivity index (χ2n) is 4.10. The summed E-state index contributed by atoms with van der Waals surface area (Å²) in [6.45, 7) is 9.92.